The van der Waals surface area contributed by atoms with Gasteiger partial charge in [-0.2, -0.15) is 0 Å². The summed E-state index contributed by atoms with van der Waals surface area (Å²) >= 11 is 0. The van der Waals surface area contributed by atoms with Crippen LogP contribution in [0.2, 0.25) is 0 Å². The largest absolute Gasteiger partial charge is 0.395 e. The highest BCUT2D eigenvalue weighted by molar-refractivity contribution is 7.89. The molecule has 1 aromatic rings. The van der Waals surface area contributed by atoms with Crippen LogP contribution in [0.4, 0.5) is 5.69 Å². The molecule has 0 radical (unpaired) electrons. The molecular formula is C9H13N3O5S. The molecule has 9 heteroatoms. The molecule has 0 amide bonds. The smallest absolute Gasteiger partial charge is 0.269 e. The number of aliphatic hydroxyl groups is 1. The first-order valence-corrected chi connectivity index (χ1v) is 6.45. The number of benzene rings is 1. The Labute approximate surface area is 104 Å². The van der Waals surface area contributed by atoms with E-state index in [1.807, 2.05) is 0 Å². The van der Waals surface area contributed by atoms with Crippen LogP contribution in [0.15, 0.2) is 29.2 Å². The molecule has 0 saturated carbocycles. The van der Waals surface area contributed by atoms with Crippen LogP contribution < -0.4 is 10.5 Å². The Balaban J connectivity index is 2.82. The van der Waals surface area contributed by atoms with Crippen LogP contribution in [0.1, 0.15) is 0 Å². The number of nitrogens with one attached hydrogen (secondary N) is 1. The number of non-ortho nitro benzene ring substituents is 1. The van der Waals surface area contributed by atoms with Crippen molar-refractivity contribution in [2.24, 2.45) is 5.73 Å². The van der Waals surface area contributed by atoms with Crippen LogP contribution in [-0.2, 0) is 10.0 Å². The molecule has 18 heavy (non-hydrogen) atoms. The molecule has 0 heterocycles. The van der Waals surface area contributed by atoms with Crippen molar-refractivity contribution in [3.05, 3.63) is 34.4 Å². The molecule has 0 aromatic heterocycles. The van der Waals surface area contributed by atoms with Gasteiger partial charge in [-0.15, -0.1) is 0 Å². The molecule has 100 valence electrons. The standard InChI is InChI=1S/C9H13N3O5S/c10-7(6-13)5-11-18(16,17)9-3-1-8(2-4-9)12(14)15/h1-4,7,11,13H,5-6,10H2. The van der Waals surface area contributed by atoms with E-state index in [9.17, 15) is 18.5 Å². The lowest BCUT2D eigenvalue weighted by Gasteiger charge is -2.10. The normalized spacial score (nSPS) is 13.2. The van der Waals surface area contributed by atoms with Crippen molar-refractivity contribution >= 4 is 15.7 Å². The number of hydrogen-bond acceptors (Lipinski definition) is 6. The first-order chi connectivity index (χ1) is 8.36. The fraction of sp³-hybridized carbons (Fsp3) is 0.333. The fourth-order valence-electron chi connectivity index (χ4n) is 1.11. The predicted octanol–water partition coefficient (Wildman–Crippen LogP) is -0.807. The van der Waals surface area contributed by atoms with Gasteiger partial charge in [0.15, 0.2) is 0 Å². The minimum atomic E-state index is -3.77. The van der Waals surface area contributed by atoms with Crippen molar-refractivity contribution in [1.29, 1.82) is 0 Å². The van der Waals surface area contributed by atoms with Gasteiger partial charge in [-0.3, -0.25) is 10.1 Å². The zero-order chi connectivity index (χ0) is 13.8. The molecule has 0 aliphatic carbocycles. The Morgan fingerprint density at radius 1 is 1.39 bits per heavy atom. The summed E-state index contributed by atoms with van der Waals surface area (Å²) in [6, 6.07) is 3.76. The zero-order valence-corrected chi connectivity index (χ0v) is 10.1. The minimum absolute atomic E-state index is 0.0989. The molecule has 0 fully saturated rings. The monoisotopic (exact) mass is 275 g/mol. The van der Waals surface area contributed by atoms with E-state index in [0.29, 0.717) is 0 Å². The Hall–Kier alpha value is -1.55. The van der Waals surface area contributed by atoms with Gasteiger partial charge in [-0.05, 0) is 12.1 Å². The molecule has 0 saturated heterocycles. The molecule has 0 bridgehead atoms. The van der Waals surface area contributed by atoms with Gasteiger partial charge >= 0.3 is 0 Å². The molecular weight excluding hydrogens is 262 g/mol. The quantitative estimate of drug-likeness (QED) is 0.459. The lowest BCUT2D eigenvalue weighted by atomic mass is 10.3. The Bertz CT molecular complexity index is 514. The van der Waals surface area contributed by atoms with E-state index >= 15 is 0 Å². The number of nitro benzene ring substituents is 1. The lowest BCUT2D eigenvalue weighted by molar-refractivity contribution is -0.384. The average molecular weight is 275 g/mol. The average Bonchev–Trinajstić information content (AvgIpc) is 2.36. The SMILES string of the molecule is NC(CO)CNS(=O)(=O)c1ccc([N+](=O)[O-])cc1. The summed E-state index contributed by atoms with van der Waals surface area (Å²) in [5.74, 6) is 0. The number of nitrogens with two attached hydrogens (primary N) is 1. The third-order valence-electron chi connectivity index (χ3n) is 2.13. The van der Waals surface area contributed by atoms with Crippen LogP contribution in [0.5, 0.6) is 0 Å². The second kappa shape index (κ2) is 5.87. The van der Waals surface area contributed by atoms with Gasteiger partial charge in [-0.1, -0.05) is 0 Å². The summed E-state index contributed by atoms with van der Waals surface area (Å²) in [6.07, 6.45) is 0. The van der Waals surface area contributed by atoms with Gasteiger partial charge in [0.05, 0.1) is 16.4 Å². The maximum Gasteiger partial charge on any atom is 0.269 e. The minimum Gasteiger partial charge on any atom is -0.395 e. The molecule has 0 aliphatic heterocycles. The van der Waals surface area contributed by atoms with Crippen molar-refractivity contribution in [2.75, 3.05) is 13.2 Å². The number of sulfonamides is 1. The summed E-state index contributed by atoms with van der Waals surface area (Å²) in [6.45, 7) is -0.460. The topological polar surface area (TPSA) is 136 Å². The van der Waals surface area contributed by atoms with Crippen molar-refractivity contribution in [3.63, 3.8) is 0 Å². The summed E-state index contributed by atoms with van der Waals surface area (Å²) < 4.78 is 25.6. The summed E-state index contributed by atoms with van der Waals surface area (Å²) in [7, 11) is -3.77. The van der Waals surface area contributed by atoms with E-state index in [0.717, 1.165) is 24.3 Å². The Morgan fingerprint density at radius 3 is 2.39 bits per heavy atom. The highest BCUT2D eigenvalue weighted by Gasteiger charge is 2.16. The maximum atomic E-state index is 11.7. The Kier molecular flexibility index (Phi) is 4.73. The number of hydrogen-bond donors (Lipinski definition) is 3. The predicted molar refractivity (Wildman–Crippen MR) is 63.3 cm³/mol. The second-order valence-corrected chi connectivity index (χ2v) is 5.31. The first kappa shape index (κ1) is 14.5. The van der Waals surface area contributed by atoms with Crippen LogP contribution in [-0.4, -0.2) is 37.6 Å². The maximum absolute atomic E-state index is 11.7. The van der Waals surface area contributed by atoms with Crippen LogP contribution in [0.3, 0.4) is 0 Å². The first-order valence-electron chi connectivity index (χ1n) is 4.97. The summed E-state index contributed by atoms with van der Waals surface area (Å²) in [5, 5.41) is 19.1. The molecule has 1 aromatic carbocycles. The van der Waals surface area contributed by atoms with Gasteiger partial charge < -0.3 is 10.8 Å². The van der Waals surface area contributed by atoms with Crippen LogP contribution in [0, 0.1) is 10.1 Å². The third-order valence-corrected chi connectivity index (χ3v) is 3.57. The van der Waals surface area contributed by atoms with Gasteiger partial charge in [0.2, 0.25) is 10.0 Å². The van der Waals surface area contributed by atoms with Gasteiger partial charge in [0.25, 0.3) is 5.69 Å². The zero-order valence-electron chi connectivity index (χ0n) is 9.31. The molecule has 1 unspecified atom stereocenters. The molecule has 0 aliphatic rings. The molecule has 0 spiro atoms. The van der Waals surface area contributed by atoms with E-state index in [-0.39, 0.29) is 23.7 Å². The summed E-state index contributed by atoms with van der Waals surface area (Å²) in [4.78, 5) is 9.69. The second-order valence-electron chi connectivity index (χ2n) is 3.55. The van der Waals surface area contributed by atoms with Gasteiger partial charge in [0, 0.05) is 24.7 Å². The molecule has 1 atom stereocenters. The molecule has 8 nitrogen and oxygen atoms in total. The Morgan fingerprint density at radius 2 is 1.94 bits per heavy atom. The van der Waals surface area contributed by atoms with Crippen molar-refractivity contribution in [1.82, 2.24) is 4.72 Å². The van der Waals surface area contributed by atoms with Crippen LogP contribution in [0.25, 0.3) is 0 Å². The third kappa shape index (κ3) is 3.74. The molecule has 4 N–H and O–H groups in total. The van der Waals surface area contributed by atoms with Crippen molar-refractivity contribution in [2.45, 2.75) is 10.9 Å². The van der Waals surface area contributed by atoms with Crippen molar-refractivity contribution in [3.8, 4) is 0 Å². The number of nitrogens with zero attached hydrogens (tertiary/aromatic N) is 1. The van der Waals surface area contributed by atoms with Gasteiger partial charge in [0.1, 0.15) is 0 Å². The van der Waals surface area contributed by atoms with E-state index in [1.54, 1.807) is 0 Å². The lowest BCUT2D eigenvalue weighted by Crippen LogP contribution is -2.39. The number of rotatable bonds is 6. The van der Waals surface area contributed by atoms with E-state index in [4.69, 9.17) is 10.8 Å². The highest BCUT2D eigenvalue weighted by Crippen LogP contribution is 2.15. The van der Waals surface area contributed by atoms with E-state index in [1.165, 1.54) is 0 Å². The van der Waals surface area contributed by atoms with Gasteiger partial charge in [-0.25, -0.2) is 13.1 Å². The van der Waals surface area contributed by atoms with Crippen LogP contribution >= 0.6 is 0 Å². The number of nitro groups is 1. The fourth-order valence-corrected chi connectivity index (χ4v) is 2.21. The van der Waals surface area contributed by atoms with Crippen molar-refractivity contribution < 1.29 is 18.4 Å². The summed E-state index contributed by atoms with van der Waals surface area (Å²) in [5.41, 5.74) is 5.16. The highest BCUT2D eigenvalue weighted by atomic mass is 32.2. The molecule has 1 rings (SSSR count). The van der Waals surface area contributed by atoms with E-state index < -0.39 is 21.0 Å². The van der Waals surface area contributed by atoms with E-state index in [2.05, 4.69) is 4.72 Å². The number of aliphatic hydroxyl groups excluding tert-OH is 1.